The van der Waals surface area contributed by atoms with E-state index in [1.54, 1.807) is 0 Å². The zero-order chi connectivity index (χ0) is 13.0. The van der Waals surface area contributed by atoms with Gasteiger partial charge in [-0.15, -0.1) is 0 Å². The third-order valence-electron chi connectivity index (χ3n) is 2.85. The van der Waals surface area contributed by atoms with E-state index >= 15 is 0 Å². The molecule has 0 bridgehead atoms. The van der Waals surface area contributed by atoms with Crippen molar-refractivity contribution in [3.8, 4) is 0 Å². The quantitative estimate of drug-likeness (QED) is 0.820. The number of hydrogen-bond acceptors (Lipinski definition) is 3. The van der Waals surface area contributed by atoms with E-state index in [0.717, 1.165) is 37.5 Å². The molecule has 1 atom stereocenters. The minimum Gasteiger partial charge on any atom is -0.376 e. The van der Waals surface area contributed by atoms with Crippen molar-refractivity contribution in [3.05, 3.63) is 23.4 Å². The number of aryl methyl sites for hydroxylation is 2. The number of rotatable bonds is 3. The van der Waals surface area contributed by atoms with Crippen LogP contribution in [-0.4, -0.2) is 29.4 Å². The summed E-state index contributed by atoms with van der Waals surface area (Å²) in [6, 6.07) is 4.01. The van der Waals surface area contributed by atoms with Crippen molar-refractivity contribution in [2.24, 2.45) is 0 Å². The van der Waals surface area contributed by atoms with Crippen LogP contribution < -0.4 is 10.6 Å². The number of aromatic nitrogens is 1. The molecule has 1 saturated heterocycles. The number of anilines is 1. The van der Waals surface area contributed by atoms with Crippen LogP contribution in [0.5, 0.6) is 0 Å². The Morgan fingerprint density at radius 2 is 2.33 bits per heavy atom. The Bertz CT molecular complexity index is 410. The fourth-order valence-corrected chi connectivity index (χ4v) is 2.27. The highest BCUT2D eigenvalue weighted by atomic mass is 32.1. The van der Waals surface area contributed by atoms with Gasteiger partial charge in [-0.1, -0.05) is 0 Å². The fourth-order valence-electron chi connectivity index (χ4n) is 2.08. The van der Waals surface area contributed by atoms with Gasteiger partial charge in [0.05, 0.1) is 6.10 Å². The SMILES string of the molecule is Cc1cc(C)nc(NC(=S)NC[C@H]2CCCO2)c1. The number of ether oxygens (including phenoxy) is 1. The summed E-state index contributed by atoms with van der Waals surface area (Å²) in [5, 5.41) is 6.87. The Kier molecular flexibility index (Phi) is 4.49. The lowest BCUT2D eigenvalue weighted by Crippen LogP contribution is -2.35. The summed E-state index contributed by atoms with van der Waals surface area (Å²) in [6.45, 7) is 5.64. The number of thiocarbonyl (C=S) groups is 1. The van der Waals surface area contributed by atoms with Crippen molar-refractivity contribution >= 4 is 23.1 Å². The molecule has 0 aliphatic carbocycles. The smallest absolute Gasteiger partial charge is 0.172 e. The molecule has 1 fully saturated rings. The van der Waals surface area contributed by atoms with Crippen molar-refractivity contribution in [2.45, 2.75) is 32.8 Å². The van der Waals surface area contributed by atoms with Crippen molar-refractivity contribution in [2.75, 3.05) is 18.5 Å². The third-order valence-corrected chi connectivity index (χ3v) is 3.10. The lowest BCUT2D eigenvalue weighted by molar-refractivity contribution is 0.114. The van der Waals surface area contributed by atoms with Gasteiger partial charge in [0.2, 0.25) is 0 Å². The maximum Gasteiger partial charge on any atom is 0.172 e. The highest BCUT2D eigenvalue weighted by Gasteiger charge is 2.15. The van der Waals surface area contributed by atoms with Gasteiger partial charge in [-0.3, -0.25) is 0 Å². The zero-order valence-electron chi connectivity index (χ0n) is 10.8. The maximum absolute atomic E-state index is 5.53. The molecule has 98 valence electrons. The Hall–Kier alpha value is -1.20. The van der Waals surface area contributed by atoms with Gasteiger partial charge in [-0.05, 0) is 56.6 Å². The predicted octanol–water partition coefficient (Wildman–Crippen LogP) is 2.16. The van der Waals surface area contributed by atoms with Crippen LogP contribution in [-0.2, 0) is 4.74 Å². The highest BCUT2D eigenvalue weighted by Crippen LogP contribution is 2.11. The van der Waals surface area contributed by atoms with E-state index in [2.05, 4.69) is 15.6 Å². The molecule has 0 amide bonds. The van der Waals surface area contributed by atoms with Gasteiger partial charge in [-0.2, -0.15) is 0 Å². The Morgan fingerprint density at radius 3 is 3.00 bits per heavy atom. The van der Waals surface area contributed by atoms with Gasteiger partial charge >= 0.3 is 0 Å². The maximum atomic E-state index is 5.53. The molecule has 0 saturated carbocycles. The second-order valence-corrected chi connectivity index (χ2v) is 5.05. The van der Waals surface area contributed by atoms with Crippen molar-refractivity contribution in [3.63, 3.8) is 0 Å². The molecule has 1 aliphatic rings. The standard InChI is InChI=1S/C13H19N3OS/c1-9-6-10(2)15-12(7-9)16-13(18)14-8-11-4-3-5-17-11/h6-7,11H,3-5,8H2,1-2H3,(H2,14,15,16,18)/t11-/m1/s1. The summed E-state index contributed by atoms with van der Waals surface area (Å²) in [6.07, 6.45) is 2.54. The van der Waals surface area contributed by atoms with Gasteiger partial charge in [0.25, 0.3) is 0 Å². The normalized spacial score (nSPS) is 18.7. The largest absolute Gasteiger partial charge is 0.376 e. The van der Waals surface area contributed by atoms with Crippen LogP contribution in [0.15, 0.2) is 12.1 Å². The van der Waals surface area contributed by atoms with E-state index in [1.165, 1.54) is 5.56 Å². The summed E-state index contributed by atoms with van der Waals surface area (Å²) in [5.41, 5.74) is 2.16. The first kappa shape index (κ1) is 13.2. The number of nitrogens with one attached hydrogen (secondary N) is 2. The van der Waals surface area contributed by atoms with Crippen LogP contribution in [0, 0.1) is 13.8 Å². The molecule has 5 heteroatoms. The molecule has 2 rings (SSSR count). The van der Waals surface area contributed by atoms with Gasteiger partial charge in [0, 0.05) is 18.8 Å². The summed E-state index contributed by atoms with van der Waals surface area (Å²) in [7, 11) is 0. The molecule has 0 radical (unpaired) electrons. The van der Waals surface area contributed by atoms with Crippen LogP contribution in [0.1, 0.15) is 24.1 Å². The fraction of sp³-hybridized carbons (Fsp3) is 0.538. The van der Waals surface area contributed by atoms with Crippen LogP contribution in [0.3, 0.4) is 0 Å². The first-order valence-corrected chi connectivity index (χ1v) is 6.66. The minimum absolute atomic E-state index is 0.289. The Balaban J connectivity index is 1.82. The van der Waals surface area contributed by atoms with Crippen molar-refractivity contribution in [1.82, 2.24) is 10.3 Å². The van der Waals surface area contributed by atoms with E-state index < -0.39 is 0 Å². The molecular formula is C13H19N3OS. The van der Waals surface area contributed by atoms with Gasteiger partial charge in [0.15, 0.2) is 5.11 Å². The van der Waals surface area contributed by atoms with Crippen LogP contribution in [0.2, 0.25) is 0 Å². The van der Waals surface area contributed by atoms with E-state index in [9.17, 15) is 0 Å². The number of pyridine rings is 1. The summed E-state index contributed by atoms with van der Waals surface area (Å²) in [5.74, 6) is 0.789. The molecule has 4 nitrogen and oxygen atoms in total. The van der Waals surface area contributed by atoms with Crippen LogP contribution in [0.25, 0.3) is 0 Å². The molecule has 0 unspecified atom stereocenters. The topological polar surface area (TPSA) is 46.2 Å². The van der Waals surface area contributed by atoms with Gasteiger partial charge < -0.3 is 15.4 Å². The van der Waals surface area contributed by atoms with E-state index in [0.29, 0.717) is 5.11 Å². The molecule has 0 spiro atoms. The minimum atomic E-state index is 0.289. The molecule has 0 aromatic carbocycles. The van der Waals surface area contributed by atoms with E-state index in [4.69, 9.17) is 17.0 Å². The van der Waals surface area contributed by atoms with Gasteiger partial charge in [-0.25, -0.2) is 4.98 Å². The second-order valence-electron chi connectivity index (χ2n) is 4.64. The Labute approximate surface area is 113 Å². The third kappa shape index (κ3) is 3.92. The summed E-state index contributed by atoms with van der Waals surface area (Å²) in [4.78, 5) is 4.38. The monoisotopic (exact) mass is 265 g/mol. The molecular weight excluding hydrogens is 246 g/mol. The number of nitrogens with zero attached hydrogens (tertiary/aromatic N) is 1. The average Bonchev–Trinajstić information content (AvgIpc) is 2.77. The van der Waals surface area contributed by atoms with Crippen molar-refractivity contribution in [1.29, 1.82) is 0 Å². The molecule has 2 N–H and O–H groups in total. The van der Waals surface area contributed by atoms with Crippen LogP contribution in [0.4, 0.5) is 5.82 Å². The summed E-state index contributed by atoms with van der Waals surface area (Å²) < 4.78 is 5.53. The van der Waals surface area contributed by atoms with E-state index in [-0.39, 0.29) is 6.10 Å². The van der Waals surface area contributed by atoms with Gasteiger partial charge in [0.1, 0.15) is 5.82 Å². The first-order chi connectivity index (χ1) is 8.63. The zero-order valence-corrected chi connectivity index (χ0v) is 11.6. The second kappa shape index (κ2) is 6.11. The highest BCUT2D eigenvalue weighted by molar-refractivity contribution is 7.80. The average molecular weight is 265 g/mol. The molecule has 1 aromatic rings. The Morgan fingerprint density at radius 1 is 1.50 bits per heavy atom. The predicted molar refractivity (Wildman–Crippen MR) is 76.9 cm³/mol. The lowest BCUT2D eigenvalue weighted by Gasteiger charge is -2.14. The lowest BCUT2D eigenvalue weighted by atomic mass is 10.2. The summed E-state index contributed by atoms with van der Waals surface area (Å²) >= 11 is 5.24. The molecule has 1 aliphatic heterocycles. The van der Waals surface area contributed by atoms with E-state index in [1.807, 2.05) is 26.0 Å². The van der Waals surface area contributed by atoms with Crippen LogP contribution >= 0.6 is 12.2 Å². The molecule has 18 heavy (non-hydrogen) atoms. The first-order valence-electron chi connectivity index (χ1n) is 6.25. The molecule has 2 heterocycles. The molecule has 1 aromatic heterocycles. The number of hydrogen-bond donors (Lipinski definition) is 2. The van der Waals surface area contributed by atoms with Crippen molar-refractivity contribution < 1.29 is 4.74 Å².